The van der Waals surface area contributed by atoms with Crippen LogP contribution < -0.4 is 10.5 Å². The number of benzene rings is 2. The number of aliphatic hydroxyl groups excluding tert-OH is 1. The van der Waals surface area contributed by atoms with Crippen molar-refractivity contribution in [3.63, 3.8) is 0 Å². The lowest BCUT2D eigenvalue weighted by Crippen LogP contribution is -2.49. The summed E-state index contributed by atoms with van der Waals surface area (Å²) in [6.07, 6.45) is -0.416. The Morgan fingerprint density at radius 3 is 2.40 bits per heavy atom. The molecule has 0 aliphatic rings. The summed E-state index contributed by atoms with van der Waals surface area (Å²) in [7, 11) is 0. The van der Waals surface area contributed by atoms with Crippen molar-refractivity contribution in [2.24, 2.45) is 11.1 Å². The van der Waals surface area contributed by atoms with E-state index in [4.69, 9.17) is 10.5 Å². The molecule has 3 N–H and O–H groups in total. The van der Waals surface area contributed by atoms with Gasteiger partial charge in [-0.3, -0.25) is 0 Å². The standard InChI is InChI=1S/C17H23NO2/c1-17(2,3)16(18)15(11-19)20-14-10-6-8-12-7-4-5-9-13(12)14/h4-10,15-16,19H,11,18H2,1-3H3. The Hall–Kier alpha value is -1.58. The first-order valence-electron chi connectivity index (χ1n) is 6.94. The van der Waals surface area contributed by atoms with Gasteiger partial charge in [0.1, 0.15) is 11.9 Å². The first kappa shape index (κ1) is 14.8. The monoisotopic (exact) mass is 273 g/mol. The average Bonchev–Trinajstić information content (AvgIpc) is 2.43. The third-order valence-corrected chi connectivity index (χ3v) is 3.61. The van der Waals surface area contributed by atoms with Crippen molar-refractivity contribution >= 4 is 10.8 Å². The molecule has 3 nitrogen and oxygen atoms in total. The Morgan fingerprint density at radius 1 is 1.10 bits per heavy atom. The summed E-state index contributed by atoms with van der Waals surface area (Å²) in [5.41, 5.74) is 6.09. The van der Waals surface area contributed by atoms with Crippen LogP contribution in [0.4, 0.5) is 0 Å². The molecule has 2 aromatic carbocycles. The number of nitrogens with two attached hydrogens (primary N) is 1. The quantitative estimate of drug-likeness (QED) is 0.900. The van der Waals surface area contributed by atoms with E-state index in [0.29, 0.717) is 0 Å². The predicted octanol–water partition coefficient (Wildman–Crippen LogP) is 2.95. The van der Waals surface area contributed by atoms with Gasteiger partial charge in [-0.25, -0.2) is 0 Å². The van der Waals surface area contributed by atoms with Crippen LogP contribution in [0, 0.1) is 5.41 Å². The average molecular weight is 273 g/mol. The third-order valence-electron chi connectivity index (χ3n) is 3.61. The Labute approximate surface area is 120 Å². The molecule has 0 fully saturated rings. The highest BCUT2D eigenvalue weighted by Crippen LogP contribution is 2.28. The van der Waals surface area contributed by atoms with E-state index in [-0.39, 0.29) is 18.1 Å². The molecule has 0 aromatic heterocycles. The summed E-state index contributed by atoms with van der Waals surface area (Å²) in [6, 6.07) is 13.7. The van der Waals surface area contributed by atoms with Crippen LogP contribution >= 0.6 is 0 Å². The van der Waals surface area contributed by atoms with Gasteiger partial charge in [0, 0.05) is 11.4 Å². The predicted molar refractivity (Wildman–Crippen MR) is 82.9 cm³/mol. The van der Waals surface area contributed by atoms with Gasteiger partial charge in [0.2, 0.25) is 0 Å². The summed E-state index contributed by atoms with van der Waals surface area (Å²) in [4.78, 5) is 0. The van der Waals surface area contributed by atoms with Gasteiger partial charge in [-0.15, -0.1) is 0 Å². The second-order valence-corrected chi connectivity index (χ2v) is 6.21. The van der Waals surface area contributed by atoms with Crippen LogP contribution in [0.3, 0.4) is 0 Å². The normalized spacial score (nSPS) is 15.1. The van der Waals surface area contributed by atoms with Crippen molar-refractivity contribution in [3.8, 4) is 5.75 Å². The van der Waals surface area contributed by atoms with Gasteiger partial charge in [0.15, 0.2) is 0 Å². The zero-order chi connectivity index (χ0) is 14.8. The number of fused-ring (bicyclic) bond motifs is 1. The number of ether oxygens (including phenoxy) is 1. The van der Waals surface area contributed by atoms with Crippen molar-refractivity contribution in [3.05, 3.63) is 42.5 Å². The van der Waals surface area contributed by atoms with Crippen molar-refractivity contribution in [2.75, 3.05) is 6.61 Å². The van der Waals surface area contributed by atoms with Crippen LogP contribution in [0.2, 0.25) is 0 Å². The molecule has 2 atom stereocenters. The lowest BCUT2D eigenvalue weighted by atomic mass is 9.84. The van der Waals surface area contributed by atoms with E-state index in [1.807, 2.05) is 63.2 Å². The van der Waals surface area contributed by atoms with Crippen LogP contribution in [-0.2, 0) is 0 Å². The molecule has 0 amide bonds. The van der Waals surface area contributed by atoms with Crippen molar-refractivity contribution < 1.29 is 9.84 Å². The van der Waals surface area contributed by atoms with Crippen LogP contribution in [0.25, 0.3) is 10.8 Å². The fraction of sp³-hybridized carbons (Fsp3) is 0.412. The number of rotatable bonds is 4. The van der Waals surface area contributed by atoms with Gasteiger partial charge in [-0.2, -0.15) is 0 Å². The van der Waals surface area contributed by atoms with E-state index in [0.717, 1.165) is 16.5 Å². The van der Waals surface area contributed by atoms with Crippen LogP contribution in [0.5, 0.6) is 5.75 Å². The maximum Gasteiger partial charge on any atom is 0.137 e. The molecule has 0 saturated carbocycles. The summed E-state index contributed by atoms with van der Waals surface area (Å²) >= 11 is 0. The van der Waals surface area contributed by atoms with Gasteiger partial charge in [-0.05, 0) is 16.9 Å². The van der Waals surface area contributed by atoms with Crippen LogP contribution in [0.1, 0.15) is 20.8 Å². The lowest BCUT2D eigenvalue weighted by Gasteiger charge is -2.33. The molecule has 2 aromatic rings. The Balaban J connectivity index is 2.31. The first-order valence-corrected chi connectivity index (χ1v) is 6.94. The summed E-state index contributed by atoms with van der Waals surface area (Å²) in [5.74, 6) is 0.766. The van der Waals surface area contributed by atoms with E-state index in [1.165, 1.54) is 0 Å². The minimum Gasteiger partial charge on any atom is -0.486 e. The second-order valence-electron chi connectivity index (χ2n) is 6.21. The highest BCUT2D eigenvalue weighted by molar-refractivity contribution is 5.88. The zero-order valence-corrected chi connectivity index (χ0v) is 12.3. The van der Waals surface area contributed by atoms with Crippen LogP contribution in [0.15, 0.2) is 42.5 Å². The number of aliphatic hydroxyl groups is 1. The highest BCUT2D eigenvalue weighted by Gasteiger charge is 2.30. The third kappa shape index (κ3) is 3.11. The van der Waals surface area contributed by atoms with E-state index in [2.05, 4.69) is 0 Å². The van der Waals surface area contributed by atoms with Crippen molar-refractivity contribution in [1.82, 2.24) is 0 Å². The van der Waals surface area contributed by atoms with Gasteiger partial charge in [0.05, 0.1) is 6.61 Å². The molecule has 2 unspecified atom stereocenters. The molecule has 20 heavy (non-hydrogen) atoms. The van der Waals surface area contributed by atoms with Crippen LogP contribution in [-0.4, -0.2) is 23.9 Å². The maximum absolute atomic E-state index is 9.59. The molecule has 3 heteroatoms. The lowest BCUT2D eigenvalue weighted by molar-refractivity contribution is 0.0603. The molecule has 0 saturated heterocycles. The Morgan fingerprint density at radius 2 is 1.75 bits per heavy atom. The molecule has 0 spiro atoms. The molecule has 0 bridgehead atoms. The van der Waals surface area contributed by atoms with E-state index >= 15 is 0 Å². The molecule has 0 radical (unpaired) electrons. The van der Waals surface area contributed by atoms with Gasteiger partial charge in [-0.1, -0.05) is 57.2 Å². The van der Waals surface area contributed by atoms with Gasteiger partial charge < -0.3 is 15.6 Å². The topological polar surface area (TPSA) is 55.5 Å². The minimum absolute atomic E-state index is 0.0956. The number of hydrogen-bond donors (Lipinski definition) is 2. The fourth-order valence-corrected chi connectivity index (χ4v) is 2.24. The zero-order valence-electron chi connectivity index (χ0n) is 12.3. The van der Waals surface area contributed by atoms with E-state index in [1.54, 1.807) is 0 Å². The minimum atomic E-state index is -0.416. The SMILES string of the molecule is CC(C)(C)C(N)C(CO)Oc1cccc2ccccc12. The maximum atomic E-state index is 9.59. The number of hydrogen-bond acceptors (Lipinski definition) is 3. The first-order chi connectivity index (χ1) is 9.43. The largest absolute Gasteiger partial charge is 0.486 e. The Kier molecular flexibility index (Phi) is 4.31. The van der Waals surface area contributed by atoms with Gasteiger partial charge in [0.25, 0.3) is 0 Å². The second kappa shape index (κ2) is 5.81. The molecule has 2 rings (SSSR count). The molecule has 0 heterocycles. The summed E-state index contributed by atoms with van der Waals surface area (Å²) < 4.78 is 5.99. The van der Waals surface area contributed by atoms with Crippen molar-refractivity contribution in [2.45, 2.75) is 32.9 Å². The summed E-state index contributed by atoms with van der Waals surface area (Å²) in [5, 5.41) is 11.7. The summed E-state index contributed by atoms with van der Waals surface area (Å²) in [6.45, 7) is 6.05. The van der Waals surface area contributed by atoms with E-state index < -0.39 is 6.10 Å². The van der Waals surface area contributed by atoms with Gasteiger partial charge >= 0.3 is 0 Å². The molecular formula is C17H23NO2. The molecule has 108 valence electrons. The smallest absolute Gasteiger partial charge is 0.137 e. The highest BCUT2D eigenvalue weighted by atomic mass is 16.5. The molecule has 0 aliphatic heterocycles. The Bertz CT molecular complexity index is 569. The molecular weight excluding hydrogens is 250 g/mol. The molecule has 0 aliphatic carbocycles. The fourth-order valence-electron chi connectivity index (χ4n) is 2.24. The van der Waals surface area contributed by atoms with E-state index in [9.17, 15) is 5.11 Å². The van der Waals surface area contributed by atoms with Crippen molar-refractivity contribution in [1.29, 1.82) is 0 Å².